The van der Waals surface area contributed by atoms with Crippen molar-refractivity contribution in [2.75, 3.05) is 0 Å². The van der Waals surface area contributed by atoms with Crippen molar-refractivity contribution in [1.29, 1.82) is 0 Å². The molecule has 2 aromatic carbocycles. The topological polar surface area (TPSA) is 39.4 Å². The molecule has 0 N–H and O–H groups in total. The third kappa shape index (κ3) is 1.64. The minimum Gasteiger partial charge on any atom is -0.489 e. The van der Waals surface area contributed by atoms with Gasteiger partial charge in [0.2, 0.25) is 0 Å². The molecule has 0 fully saturated rings. The zero-order chi connectivity index (χ0) is 14.7. The second kappa shape index (κ2) is 4.25. The second-order valence-corrected chi connectivity index (χ2v) is 5.93. The molecule has 0 saturated heterocycles. The second-order valence-electron chi connectivity index (χ2n) is 5.52. The van der Waals surface area contributed by atoms with Crippen LogP contribution in [0.15, 0.2) is 39.5 Å². The van der Waals surface area contributed by atoms with E-state index in [0.717, 1.165) is 16.2 Å². The number of hydrogen-bond donors (Lipinski definition) is 0. The van der Waals surface area contributed by atoms with Gasteiger partial charge in [-0.3, -0.25) is 0 Å². The molecule has 1 aliphatic heterocycles. The zero-order valence-electron chi connectivity index (χ0n) is 11.6. The first-order valence-corrected chi connectivity index (χ1v) is 7.30. The Morgan fingerprint density at radius 3 is 2.57 bits per heavy atom. The van der Waals surface area contributed by atoms with E-state index in [-0.39, 0.29) is 17.6 Å². The third-order valence-electron chi connectivity index (χ3n) is 4.31. The van der Waals surface area contributed by atoms with Gasteiger partial charge in [-0.15, -0.1) is 0 Å². The predicted molar refractivity (Wildman–Crippen MR) is 83.5 cm³/mol. The Labute approximate surface area is 126 Å². The quantitative estimate of drug-likeness (QED) is 0.454. The van der Waals surface area contributed by atoms with Crippen molar-refractivity contribution in [2.45, 2.75) is 25.9 Å². The summed E-state index contributed by atoms with van der Waals surface area (Å²) in [7, 11) is 0. The van der Waals surface area contributed by atoms with E-state index in [1.165, 1.54) is 0 Å². The maximum atomic E-state index is 12.3. The van der Waals surface area contributed by atoms with Crippen LogP contribution in [0.4, 0.5) is 0 Å². The molecule has 4 rings (SSSR count). The maximum Gasteiger partial charge on any atom is 0.343 e. The zero-order valence-corrected chi connectivity index (χ0v) is 12.4. The highest BCUT2D eigenvalue weighted by molar-refractivity contribution is 6.37. The molecule has 0 spiro atoms. The van der Waals surface area contributed by atoms with Gasteiger partial charge >= 0.3 is 5.63 Å². The molecule has 4 heteroatoms. The normalized spacial score (nSPS) is 20.7. The summed E-state index contributed by atoms with van der Waals surface area (Å²) in [6.07, 6.45) is -0.0428. The van der Waals surface area contributed by atoms with E-state index in [0.29, 0.717) is 21.9 Å². The van der Waals surface area contributed by atoms with Crippen LogP contribution in [0.25, 0.3) is 21.7 Å². The molecular weight excluding hydrogens is 288 g/mol. The van der Waals surface area contributed by atoms with Gasteiger partial charge in [-0.1, -0.05) is 42.8 Å². The van der Waals surface area contributed by atoms with E-state index < -0.39 is 0 Å². The van der Waals surface area contributed by atoms with E-state index in [4.69, 9.17) is 20.8 Å². The van der Waals surface area contributed by atoms with Crippen molar-refractivity contribution < 1.29 is 9.15 Å². The van der Waals surface area contributed by atoms with Gasteiger partial charge < -0.3 is 9.15 Å². The lowest BCUT2D eigenvalue weighted by molar-refractivity contribution is 0.234. The van der Waals surface area contributed by atoms with Gasteiger partial charge in [0.05, 0.1) is 10.9 Å². The number of hydrogen-bond acceptors (Lipinski definition) is 3. The minimum atomic E-state index is -0.318. The lowest BCUT2D eigenvalue weighted by atomic mass is 9.98. The smallest absolute Gasteiger partial charge is 0.343 e. The fourth-order valence-corrected chi connectivity index (χ4v) is 3.28. The molecule has 3 nitrogen and oxygen atoms in total. The molecular formula is C17H13ClO3. The summed E-state index contributed by atoms with van der Waals surface area (Å²) in [6, 6.07) is 9.45. The van der Waals surface area contributed by atoms with Crippen molar-refractivity contribution in [3.05, 3.63) is 51.3 Å². The fourth-order valence-electron chi connectivity index (χ4n) is 3.01. The average Bonchev–Trinajstić information content (AvgIpc) is 2.78. The van der Waals surface area contributed by atoms with Crippen molar-refractivity contribution in [2.24, 2.45) is 0 Å². The molecule has 0 saturated carbocycles. The molecule has 0 bridgehead atoms. The molecule has 1 aliphatic rings. The fraction of sp³-hybridized carbons (Fsp3) is 0.235. The summed E-state index contributed by atoms with van der Waals surface area (Å²) < 4.78 is 11.5. The Hall–Kier alpha value is -2.00. The van der Waals surface area contributed by atoms with Crippen LogP contribution in [-0.2, 0) is 0 Å². The molecule has 3 aromatic rings. The molecule has 0 amide bonds. The van der Waals surface area contributed by atoms with Gasteiger partial charge in [0.15, 0.2) is 0 Å². The lowest BCUT2D eigenvalue weighted by Crippen LogP contribution is -2.14. The SMILES string of the molecule is C[C@@H]1Oc2c(c(=O)oc3c2cc(Cl)c2ccccc23)[C@H]1C. The highest BCUT2D eigenvalue weighted by Gasteiger charge is 2.33. The van der Waals surface area contributed by atoms with Crippen LogP contribution in [0.5, 0.6) is 5.75 Å². The third-order valence-corrected chi connectivity index (χ3v) is 4.62. The molecule has 0 aliphatic carbocycles. The van der Waals surface area contributed by atoms with Crippen molar-refractivity contribution >= 4 is 33.3 Å². The highest BCUT2D eigenvalue weighted by Crippen LogP contribution is 2.43. The first-order chi connectivity index (χ1) is 10.1. The monoisotopic (exact) mass is 300 g/mol. The number of fused-ring (bicyclic) bond motifs is 5. The first kappa shape index (κ1) is 12.7. The summed E-state index contributed by atoms with van der Waals surface area (Å²) in [5.74, 6) is 0.639. The molecule has 21 heavy (non-hydrogen) atoms. The summed E-state index contributed by atoms with van der Waals surface area (Å²) in [5.41, 5.74) is 0.836. The molecule has 1 aromatic heterocycles. The minimum absolute atomic E-state index is 0.0193. The van der Waals surface area contributed by atoms with E-state index >= 15 is 0 Å². The van der Waals surface area contributed by atoms with Gasteiger partial charge in [0, 0.05) is 21.7 Å². The van der Waals surface area contributed by atoms with Crippen LogP contribution < -0.4 is 10.4 Å². The van der Waals surface area contributed by atoms with Crippen LogP contribution >= 0.6 is 11.6 Å². The van der Waals surface area contributed by atoms with Crippen molar-refractivity contribution in [1.82, 2.24) is 0 Å². The first-order valence-electron chi connectivity index (χ1n) is 6.92. The lowest BCUT2D eigenvalue weighted by Gasteiger charge is -2.09. The maximum absolute atomic E-state index is 12.3. The molecule has 0 radical (unpaired) electrons. The van der Waals surface area contributed by atoms with Gasteiger partial charge in [0.25, 0.3) is 0 Å². The Balaban J connectivity index is 2.24. The standard InChI is InChI=1S/C17H13ClO3/c1-8-9(2)20-16-12-7-13(18)10-5-3-4-6-11(10)15(12)21-17(19)14(8)16/h3-9H,1-2H3/t8-,9-/m0/s1. The van der Waals surface area contributed by atoms with Crippen LogP contribution in [-0.4, -0.2) is 6.10 Å². The number of halogens is 1. The molecule has 2 atom stereocenters. The Bertz CT molecular complexity index is 942. The van der Waals surface area contributed by atoms with Crippen LogP contribution in [0, 0.1) is 0 Å². The van der Waals surface area contributed by atoms with Gasteiger partial charge in [0.1, 0.15) is 17.4 Å². The van der Waals surface area contributed by atoms with Gasteiger partial charge in [-0.05, 0) is 13.0 Å². The molecule has 0 unspecified atom stereocenters. The van der Waals surface area contributed by atoms with E-state index in [2.05, 4.69) is 0 Å². The van der Waals surface area contributed by atoms with E-state index in [9.17, 15) is 4.79 Å². The number of ether oxygens (including phenoxy) is 1. The largest absolute Gasteiger partial charge is 0.489 e. The van der Waals surface area contributed by atoms with Crippen LogP contribution in [0.3, 0.4) is 0 Å². The average molecular weight is 301 g/mol. The predicted octanol–water partition coefficient (Wildman–Crippen LogP) is 4.48. The van der Waals surface area contributed by atoms with Gasteiger partial charge in [-0.2, -0.15) is 0 Å². The van der Waals surface area contributed by atoms with Crippen molar-refractivity contribution in [3.63, 3.8) is 0 Å². The van der Waals surface area contributed by atoms with E-state index in [1.807, 2.05) is 44.2 Å². The van der Waals surface area contributed by atoms with E-state index in [1.54, 1.807) is 0 Å². The molecule has 106 valence electrons. The van der Waals surface area contributed by atoms with Crippen LogP contribution in [0.1, 0.15) is 25.3 Å². The van der Waals surface area contributed by atoms with Gasteiger partial charge in [-0.25, -0.2) is 4.79 Å². The summed E-state index contributed by atoms with van der Waals surface area (Å²) in [4.78, 5) is 12.3. The Kier molecular flexibility index (Phi) is 2.57. The Morgan fingerprint density at radius 1 is 1.10 bits per heavy atom. The Morgan fingerprint density at radius 2 is 1.81 bits per heavy atom. The summed E-state index contributed by atoms with van der Waals surface area (Å²) in [5, 5.41) is 3.10. The summed E-state index contributed by atoms with van der Waals surface area (Å²) >= 11 is 6.37. The summed E-state index contributed by atoms with van der Waals surface area (Å²) in [6.45, 7) is 3.93. The number of rotatable bonds is 0. The highest BCUT2D eigenvalue weighted by atomic mass is 35.5. The number of benzene rings is 2. The van der Waals surface area contributed by atoms with Crippen LogP contribution in [0.2, 0.25) is 5.02 Å². The molecule has 2 heterocycles. The van der Waals surface area contributed by atoms with Crippen molar-refractivity contribution in [3.8, 4) is 5.75 Å².